The summed E-state index contributed by atoms with van der Waals surface area (Å²) in [4.78, 5) is 15.9. The number of hydrogen-bond acceptors (Lipinski definition) is 3. The van der Waals surface area contributed by atoms with Gasteiger partial charge in [0.25, 0.3) is 5.91 Å². The molecule has 0 unspecified atom stereocenters. The Kier molecular flexibility index (Phi) is 5.32. The molecule has 0 aliphatic carbocycles. The maximum atomic E-state index is 11.8. The minimum Gasteiger partial charge on any atom is -0.351 e. The van der Waals surface area contributed by atoms with Gasteiger partial charge in [0.1, 0.15) is 5.69 Å². The van der Waals surface area contributed by atoms with E-state index < -0.39 is 0 Å². The number of carbonyl (C=O) groups excluding carboxylic acids is 1. The largest absolute Gasteiger partial charge is 0.351 e. The Labute approximate surface area is 119 Å². The normalized spacial score (nSPS) is 10.4. The fourth-order valence-electron chi connectivity index (χ4n) is 1.94. The second kappa shape index (κ2) is 7.45. The molecule has 2 N–H and O–H groups in total. The van der Waals surface area contributed by atoms with Crippen LogP contribution in [0.15, 0.2) is 42.9 Å². The average molecular weight is 272 g/mol. The highest BCUT2D eigenvalue weighted by atomic mass is 16.1. The van der Waals surface area contributed by atoms with E-state index in [0.29, 0.717) is 12.2 Å². The van der Waals surface area contributed by atoms with Crippen LogP contribution >= 0.6 is 0 Å². The molecular weight excluding hydrogens is 252 g/mol. The average Bonchev–Trinajstić information content (AvgIpc) is 2.90. The van der Waals surface area contributed by atoms with Crippen LogP contribution in [0, 0.1) is 0 Å². The molecule has 0 fully saturated rings. The number of amides is 1. The fraction of sp³-hybridized carbons (Fsp3) is 0.333. The summed E-state index contributed by atoms with van der Waals surface area (Å²) in [5, 5.41) is 6.24. The molecule has 0 aliphatic heterocycles. The highest BCUT2D eigenvalue weighted by Gasteiger charge is 2.06. The number of nitrogens with zero attached hydrogens (tertiary/aromatic N) is 2. The standard InChI is InChI=1S/C15H20N4O/c1-19-10-3-6-14(19)15(20)18-9-4-8-17-12-13-5-2-7-16-11-13/h2-3,5-7,10-11,17H,4,8-9,12H2,1H3,(H,18,20). The van der Waals surface area contributed by atoms with Crippen molar-refractivity contribution >= 4 is 5.91 Å². The number of pyridine rings is 1. The summed E-state index contributed by atoms with van der Waals surface area (Å²) < 4.78 is 1.82. The van der Waals surface area contributed by atoms with Crippen molar-refractivity contribution < 1.29 is 4.79 Å². The fourth-order valence-corrected chi connectivity index (χ4v) is 1.94. The summed E-state index contributed by atoms with van der Waals surface area (Å²) >= 11 is 0. The number of aryl methyl sites for hydroxylation is 1. The van der Waals surface area contributed by atoms with Crippen LogP contribution in [-0.2, 0) is 13.6 Å². The monoisotopic (exact) mass is 272 g/mol. The van der Waals surface area contributed by atoms with Crippen LogP contribution < -0.4 is 10.6 Å². The van der Waals surface area contributed by atoms with E-state index in [1.54, 1.807) is 6.20 Å². The van der Waals surface area contributed by atoms with Gasteiger partial charge in [0.15, 0.2) is 0 Å². The van der Waals surface area contributed by atoms with Crippen molar-refractivity contribution in [1.29, 1.82) is 0 Å². The van der Waals surface area contributed by atoms with E-state index in [1.807, 2.05) is 48.3 Å². The van der Waals surface area contributed by atoms with Crippen LogP contribution in [0.2, 0.25) is 0 Å². The quantitative estimate of drug-likeness (QED) is 0.748. The summed E-state index contributed by atoms with van der Waals surface area (Å²) in [6, 6.07) is 7.65. The van der Waals surface area contributed by atoms with Gasteiger partial charge < -0.3 is 15.2 Å². The summed E-state index contributed by atoms with van der Waals surface area (Å²) in [6.45, 7) is 2.34. The van der Waals surface area contributed by atoms with E-state index in [4.69, 9.17) is 0 Å². The third kappa shape index (κ3) is 4.20. The van der Waals surface area contributed by atoms with Gasteiger partial charge in [0.05, 0.1) is 0 Å². The lowest BCUT2D eigenvalue weighted by Gasteiger charge is -2.07. The first-order valence-electron chi connectivity index (χ1n) is 6.76. The van der Waals surface area contributed by atoms with Crippen molar-refractivity contribution in [3.63, 3.8) is 0 Å². The summed E-state index contributed by atoms with van der Waals surface area (Å²) in [6.07, 6.45) is 6.38. The van der Waals surface area contributed by atoms with E-state index in [2.05, 4.69) is 15.6 Å². The molecule has 1 amide bonds. The lowest BCUT2D eigenvalue weighted by molar-refractivity contribution is 0.0945. The van der Waals surface area contributed by atoms with Crippen LogP contribution in [0.5, 0.6) is 0 Å². The van der Waals surface area contributed by atoms with E-state index >= 15 is 0 Å². The van der Waals surface area contributed by atoms with Gasteiger partial charge in [0, 0.05) is 38.7 Å². The van der Waals surface area contributed by atoms with Gasteiger partial charge in [-0.3, -0.25) is 9.78 Å². The van der Waals surface area contributed by atoms with Crippen molar-refractivity contribution in [3.8, 4) is 0 Å². The highest BCUT2D eigenvalue weighted by Crippen LogP contribution is 1.98. The third-order valence-corrected chi connectivity index (χ3v) is 3.04. The van der Waals surface area contributed by atoms with Crippen molar-refractivity contribution in [2.24, 2.45) is 7.05 Å². The van der Waals surface area contributed by atoms with Gasteiger partial charge in [-0.1, -0.05) is 6.07 Å². The molecule has 0 atom stereocenters. The first kappa shape index (κ1) is 14.3. The molecule has 5 nitrogen and oxygen atoms in total. The smallest absolute Gasteiger partial charge is 0.267 e. The molecule has 5 heteroatoms. The lowest BCUT2D eigenvalue weighted by Crippen LogP contribution is -2.28. The molecule has 0 bridgehead atoms. The maximum Gasteiger partial charge on any atom is 0.267 e. The van der Waals surface area contributed by atoms with E-state index in [9.17, 15) is 4.79 Å². The SMILES string of the molecule is Cn1cccc1C(=O)NCCCNCc1cccnc1. The third-order valence-electron chi connectivity index (χ3n) is 3.04. The Morgan fingerprint density at radius 3 is 2.90 bits per heavy atom. The second-order valence-electron chi connectivity index (χ2n) is 4.65. The van der Waals surface area contributed by atoms with Crippen LogP contribution in [-0.4, -0.2) is 28.5 Å². The van der Waals surface area contributed by atoms with Gasteiger partial charge in [-0.25, -0.2) is 0 Å². The zero-order valence-electron chi connectivity index (χ0n) is 11.7. The molecule has 2 heterocycles. The molecule has 0 aliphatic rings. The first-order chi connectivity index (χ1) is 9.77. The van der Waals surface area contributed by atoms with Crippen molar-refractivity contribution in [3.05, 3.63) is 54.1 Å². The Morgan fingerprint density at radius 1 is 1.30 bits per heavy atom. The Morgan fingerprint density at radius 2 is 2.20 bits per heavy atom. The summed E-state index contributed by atoms with van der Waals surface area (Å²) in [7, 11) is 1.87. The van der Waals surface area contributed by atoms with Crippen molar-refractivity contribution in [2.75, 3.05) is 13.1 Å². The predicted octanol–water partition coefficient (Wildman–Crippen LogP) is 1.33. The van der Waals surface area contributed by atoms with Crippen LogP contribution in [0.25, 0.3) is 0 Å². The Balaban J connectivity index is 1.58. The molecule has 0 spiro atoms. The summed E-state index contributed by atoms with van der Waals surface area (Å²) in [5.41, 5.74) is 1.86. The molecule has 0 aromatic carbocycles. The number of hydrogen-bond donors (Lipinski definition) is 2. The Hall–Kier alpha value is -2.14. The van der Waals surface area contributed by atoms with Crippen LogP contribution in [0.4, 0.5) is 0 Å². The lowest BCUT2D eigenvalue weighted by atomic mass is 10.3. The van der Waals surface area contributed by atoms with E-state index in [1.165, 1.54) is 5.56 Å². The molecule has 0 radical (unpaired) electrons. The number of nitrogens with one attached hydrogen (secondary N) is 2. The van der Waals surface area contributed by atoms with E-state index in [-0.39, 0.29) is 5.91 Å². The van der Waals surface area contributed by atoms with Gasteiger partial charge in [-0.05, 0) is 36.7 Å². The number of aromatic nitrogens is 2. The molecule has 2 rings (SSSR count). The molecule has 0 saturated heterocycles. The van der Waals surface area contributed by atoms with Gasteiger partial charge in [0.2, 0.25) is 0 Å². The minimum absolute atomic E-state index is 0.0234. The zero-order valence-corrected chi connectivity index (χ0v) is 11.7. The summed E-state index contributed by atoms with van der Waals surface area (Å²) in [5.74, 6) is -0.0234. The maximum absolute atomic E-state index is 11.8. The molecule has 106 valence electrons. The molecular formula is C15H20N4O. The number of carbonyl (C=O) groups is 1. The van der Waals surface area contributed by atoms with Crippen molar-refractivity contribution in [1.82, 2.24) is 20.2 Å². The van der Waals surface area contributed by atoms with Gasteiger partial charge in [-0.2, -0.15) is 0 Å². The highest BCUT2D eigenvalue weighted by molar-refractivity contribution is 5.92. The molecule has 0 saturated carbocycles. The molecule has 2 aromatic heterocycles. The molecule has 2 aromatic rings. The first-order valence-corrected chi connectivity index (χ1v) is 6.76. The topological polar surface area (TPSA) is 59.0 Å². The Bertz CT molecular complexity index is 536. The zero-order chi connectivity index (χ0) is 14.2. The predicted molar refractivity (Wildman–Crippen MR) is 78.3 cm³/mol. The molecule has 20 heavy (non-hydrogen) atoms. The van der Waals surface area contributed by atoms with Crippen LogP contribution in [0.1, 0.15) is 22.5 Å². The number of rotatable bonds is 7. The van der Waals surface area contributed by atoms with Crippen molar-refractivity contribution in [2.45, 2.75) is 13.0 Å². The van der Waals surface area contributed by atoms with E-state index in [0.717, 1.165) is 19.5 Å². The van der Waals surface area contributed by atoms with Gasteiger partial charge in [-0.15, -0.1) is 0 Å². The van der Waals surface area contributed by atoms with Gasteiger partial charge >= 0.3 is 0 Å². The second-order valence-corrected chi connectivity index (χ2v) is 4.65. The van der Waals surface area contributed by atoms with Crippen LogP contribution in [0.3, 0.4) is 0 Å². The minimum atomic E-state index is -0.0234.